The minimum Gasteiger partial charge on any atom is -0.384 e. The number of rotatable bonds is 3. The highest BCUT2D eigenvalue weighted by molar-refractivity contribution is 5.85. The van der Waals surface area contributed by atoms with Crippen LogP contribution in [-0.4, -0.2) is 43.7 Å². The Morgan fingerprint density at radius 2 is 2.19 bits per heavy atom. The second-order valence-corrected chi connectivity index (χ2v) is 4.97. The Labute approximate surface area is 104 Å². The summed E-state index contributed by atoms with van der Waals surface area (Å²) in [6, 6.07) is 0.140. The van der Waals surface area contributed by atoms with Gasteiger partial charge in [0.2, 0.25) is 5.91 Å². The molecule has 0 aromatic rings. The zero-order chi connectivity index (χ0) is 11.5. The molecule has 1 aliphatic rings. The van der Waals surface area contributed by atoms with Gasteiger partial charge in [-0.1, -0.05) is 0 Å². The van der Waals surface area contributed by atoms with Crippen molar-refractivity contribution in [2.75, 3.05) is 26.8 Å². The average Bonchev–Trinajstić information content (AvgIpc) is 2.16. The molecule has 1 aliphatic heterocycles. The Morgan fingerprint density at radius 3 is 2.69 bits per heavy atom. The van der Waals surface area contributed by atoms with Crippen LogP contribution in [0.3, 0.4) is 0 Å². The number of likely N-dealkylation sites (tertiary alicyclic amines) is 1. The minimum absolute atomic E-state index is 0. The van der Waals surface area contributed by atoms with Crippen molar-refractivity contribution in [3.05, 3.63) is 0 Å². The Hall–Kier alpha value is -0.320. The first-order valence-electron chi connectivity index (χ1n) is 5.51. The van der Waals surface area contributed by atoms with Crippen molar-refractivity contribution in [3.8, 4) is 0 Å². The first-order valence-corrected chi connectivity index (χ1v) is 5.51. The van der Waals surface area contributed by atoms with Gasteiger partial charge in [-0.25, -0.2) is 0 Å². The molecule has 1 atom stereocenters. The molecule has 1 amide bonds. The van der Waals surface area contributed by atoms with Crippen molar-refractivity contribution >= 4 is 18.3 Å². The number of ether oxygens (including phenoxy) is 1. The van der Waals surface area contributed by atoms with Crippen molar-refractivity contribution in [1.82, 2.24) is 4.90 Å². The highest BCUT2D eigenvalue weighted by atomic mass is 35.5. The lowest BCUT2D eigenvalue weighted by Crippen LogP contribution is -2.51. The zero-order valence-electron chi connectivity index (χ0n) is 10.4. The van der Waals surface area contributed by atoms with Gasteiger partial charge in [-0.2, -0.15) is 0 Å². The molecule has 5 heteroatoms. The predicted molar refractivity (Wildman–Crippen MR) is 66.7 cm³/mol. The van der Waals surface area contributed by atoms with E-state index in [2.05, 4.69) is 0 Å². The molecule has 0 spiro atoms. The van der Waals surface area contributed by atoms with Crippen LogP contribution >= 0.6 is 12.4 Å². The quantitative estimate of drug-likeness (QED) is 0.814. The SMILES string of the molecule is COCC(C)(C)C(=O)N1CCCC(N)C1.Cl. The van der Waals surface area contributed by atoms with Crippen LogP contribution in [0.15, 0.2) is 0 Å². The van der Waals surface area contributed by atoms with Crippen LogP contribution in [0.5, 0.6) is 0 Å². The molecule has 0 aromatic carbocycles. The number of piperidine rings is 1. The summed E-state index contributed by atoms with van der Waals surface area (Å²) in [7, 11) is 1.62. The summed E-state index contributed by atoms with van der Waals surface area (Å²) in [5.74, 6) is 0.152. The van der Waals surface area contributed by atoms with Crippen LogP contribution in [0.1, 0.15) is 26.7 Å². The van der Waals surface area contributed by atoms with E-state index in [0.29, 0.717) is 13.2 Å². The first kappa shape index (κ1) is 15.7. The number of halogens is 1. The Morgan fingerprint density at radius 1 is 1.56 bits per heavy atom. The van der Waals surface area contributed by atoms with E-state index in [1.54, 1.807) is 7.11 Å². The van der Waals surface area contributed by atoms with Crippen LogP contribution < -0.4 is 5.73 Å². The van der Waals surface area contributed by atoms with Crippen LogP contribution in [0.25, 0.3) is 0 Å². The van der Waals surface area contributed by atoms with E-state index < -0.39 is 5.41 Å². The number of hydrogen-bond acceptors (Lipinski definition) is 3. The Bertz CT molecular complexity index is 234. The largest absolute Gasteiger partial charge is 0.384 e. The van der Waals surface area contributed by atoms with Gasteiger partial charge in [0, 0.05) is 26.2 Å². The summed E-state index contributed by atoms with van der Waals surface area (Å²) in [6.45, 7) is 5.81. The van der Waals surface area contributed by atoms with Gasteiger partial charge in [0.05, 0.1) is 12.0 Å². The van der Waals surface area contributed by atoms with Gasteiger partial charge in [-0.05, 0) is 26.7 Å². The standard InChI is InChI=1S/C11H22N2O2.ClH/c1-11(2,8-15-3)10(14)13-6-4-5-9(12)7-13;/h9H,4-8,12H2,1-3H3;1H. The van der Waals surface area contributed by atoms with Crippen LogP contribution in [0.4, 0.5) is 0 Å². The molecule has 1 rings (SSSR count). The molecule has 96 valence electrons. The molecule has 1 fully saturated rings. The molecule has 1 saturated heterocycles. The third-order valence-corrected chi connectivity index (χ3v) is 2.83. The van der Waals surface area contributed by atoms with Gasteiger partial charge in [0.25, 0.3) is 0 Å². The van der Waals surface area contributed by atoms with Gasteiger partial charge in [-0.15, -0.1) is 12.4 Å². The van der Waals surface area contributed by atoms with E-state index in [9.17, 15) is 4.79 Å². The molecule has 2 N–H and O–H groups in total. The molecule has 1 heterocycles. The van der Waals surface area contributed by atoms with Gasteiger partial charge < -0.3 is 15.4 Å². The topological polar surface area (TPSA) is 55.6 Å². The fourth-order valence-electron chi connectivity index (χ4n) is 2.05. The maximum Gasteiger partial charge on any atom is 0.230 e. The average molecular weight is 251 g/mol. The summed E-state index contributed by atoms with van der Waals surface area (Å²) >= 11 is 0. The monoisotopic (exact) mass is 250 g/mol. The van der Waals surface area contributed by atoms with E-state index in [1.807, 2.05) is 18.7 Å². The summed E-state index contributed by atoms with van der Waals surface area (Å²) in [5, 5.41) is 0. The van der Waals surface area contributed by atoms with Crippen molar-refractivity contribution in [2.45, 2.75) is 32.7 Å². The number of carbonyl (C=O) groups excluding carboxylic acids is 1. The summed E-state index contributed by atoms with van der Waals surface area (Å²) in [6.07, 6.45) is 2.03. The van der Waals surface area contributed by atoms with E-state index in [1.165, 1.54) is 0 Å². The second kappa shape index (κ2) is 6.42. The highest BCUT2D eigenvalue weighted by Crippen LogP contribution is 2.21. The van der Waals surface area contributed by atoms with Crippen molar-refractivity contribution in [2.24, 2.45) is 11.1 Å². The number of carbonyl (C=O) groups is 1. The molecular weight excluding hydrogens is 228 g/mol. The van der Waals surface area contributed by atoms with Crippen molar-refractivity contribution in [3.63, 3.8) is 0 Å². The molecule has 0 aliphatic carbocycles. The third-order valence-electron chi connectivity index (χ3n) is 2.83. The lowest BCUT2D eigenvalue weighted by molar-refractivity contribution is -0.144. The summed E-state index contributed by atoms with van der Waals surface area (Å²) < 4.78 is 5.07. The molecule has 0 saturated carbocycles. The van der Waals surface area contributed by atoms with Crippen molar-refractivity contribution < 1.29 is 9.53 Å². The van der Waals surface area contributed by atoms with E-state index in [-0.39, 0.29) is 24.4 Å². The molecule has 0 aromatic heterocycles. The summed E-state index contributed by atoms with van der Waals surface area (Å²) in [4.78, 5) is 14.0. The lowest BCUT2D eigenvalue weighted by Gasteiger charge is -2.36. The number of amides is 1. The normalized spacial score (nSPS) is 21.5. The van der Waals surface area contributed by atoms with Crippen LogP contribution in [0.2, 0.25) is 0 Å². The molecule has 1 unspecified atom stereocenters. The Kier molecular flexibility index (Phi) is 6.30. The van der Waals surface area contributed by atoms with Gasteiger partial charge in [0.15, 0.2) is 0 Å². The predicted octanol–water partition coefficient (Wildman–Crippen LogP) is 1.03. The summed E-state index contributed by atoms with van der Waals surface area (Å²) in [5.41, 5.74) is 5.42. The highest BCUT2D eigenvalue weighted by Gasteiger charge is 2.33. The van der Waals surface area contributed by atoms with Crippen molar-refractivity contribution in [1.29, 1.82) is 0 Å². The molecule has 0 radical (unpaired) electrons. The first-order chi connectivity index (χ1) is 6.97. The van der Waals surface area contributed by atoms with Crippen LogP contribution in [-0.2, 0) is 9.53 Å². The zero-order valence-corrected chi connectivity index (χ0v) is 11.2. The lowest BCUT2D eigenvalue weighted by atomic mass is 9.91. The molecule has 4 nitrogen and oxygen atoms in total. The van der Waals surface area contributed by atoms with Gasteiger partial charge >= 0.3 is 0 Å². The minimum atomic E-state index is -0.439. The number of hydrogen-bond donors (Lipinski definition) is 1. The van der Waals surface area contributed by atoms with E-state index in [0.717, 1.165) is 19.4 Å². The maximum absolute atomic E-state index is 12.1. The molecular formula is C11H23ClN2O2. The number of nitrogens with two attached hydrogens (primary N) is 1. The number of nitrogens with zero attached hydrogens (tertiary/aromatic N) is 1. The van der Waals surface area contributed by atoms with Gasteiger partial charge in [0.1, 0.15) is 0 Å². The fraction of sp³-hybridized carbons (Fsp3) is 0.909. The van der Waals surface area contributed by atoms with E-state index in [4.69, 9.17) is 10.5 Å². The Balaban J connectivity index is 0.00000225. The smallest absolute Gasteiger partial charge is 0.230 e. The maximum atomic E-state index is 12.1. The number of methoxy groups -OCH3 is 1. The molecule has 16 heavy (non-hydrogen) atoms. The molecule has 0 bridgehead atoms. The second-order valence-electron chi connectivity index (χ2n) is 4.97. The van der Waals surface area contributed by atoms with Crippen LogP contribution in [0, 0.1) is 5.41 Å². The van der Waals surface area contributed by atoms with E-state index >= 15 is 0 Å². The fourth-order valence-corrected chi connectivity index (χ4v) is 2.05. The van der Waals surface area contributed by atoms with Gasteiger partial charge in [-0.3, -0.25) is 4.79 Å². The third kappa shape index (κ3) is 3.92.